The van der Waals surface area contributed by atoms with E-state index in [-0.39, 0.29) is 43.7 Å². The lowest BCUT2D eigenvalue weighted by Gasteiger charge is -2.14. The summed E-state index contributed by atoms with van der Waals surface area (Å²) in [6.45, 7) is 1.46. The number of nitrogens with zero attached hydrogens (tertiary/aromatic N) is 3. The highest BCUT2D eigenvalue weighted by molar-refractivity contribution is 7.90. The van der Waals surface area contributed by atoms with Gasteiger partial charge < -0.3 is 0 Å². The van der Waals surface area contributed by atoms with Gasteiger partial charge in [-0.2, -0.15) is 13.2 Å². The van der Waals surface area contributed by atoms with E-state index in [4.69, 9.17) is 23.2 Å². The molecule has 0 aliphatic rings. The highest BCUT2D eigenvalue weighted by atomic mass is 35.5. The zero-order valence-electron chi connectivity index (χ0n) is 16.3. The molecule has 1 aromatic carbocycles. The molecule has 0 fully saturated rings. The summed E-state index contributed by atoms with van der Waals surface area (Å²) in [4.78, 5) is 7.33. The summed E-state index contributed by atoms with van der Waals surface area (Å²) in [5.41, 5.74) is -0.818. The lowest BCUT2D eigenvalue weighted by Crippen LogP contribution is -2.18. The van der Waals surface area contributed by atoms with Crippen LogP contribution in [0, 0.1) is 13.1 Å². The molecule has 0 unspecified atom stereocenters. The fourth-order valence-electron chi connectivity index (χ4n) is 3.33. The van der Waals surface area contributed by atoms with Crippen LogP contribution in [0.1, 0.15) is 22.5 Å². The number of halogens is 5. The molecule has 0 N–H and O–H groups in total. The molecule has 11 heteroatoms. The molecule has 0 saturated carbocycles. The zero-order valence-corrected chi connectivity index (χ0v) is 18.6. The lowest BCUT2D eigenvalue weighted by molar-refractivity contribution is -0.141. The van der Waals surface area contributed by atoms with Gasteiger partial charge in [-0.25, -0.2) is 17.4 Å². The Balaban J connectivity index is 2.06. The van der Waals surface area contributed by atoms with Crippen LogP contribution in [-0.4, -0.2) is 22.4 Å². The average Bonchev–Trinajstić information content (AvgIpc) is 3.10. The first-order valence-electron chi connectivity index (χ1n) is 9.10. The minimum Gasteiger partial charge on any atom is -0.251 e. The highest BCUT2D eigenvalue weighted by Crippen LogP contribution is 2.35. The van der Waals surface area contributed by atoms with Crippen molar-refractivity contribution in [2.24, 2.45) is 0 Å². The monoisotopic (exact) mass is 498 g/mol. The minimum absolute atomic E-state index is 0.0760. The Hall–Kier alpha value is -2.62. The first kappa shape index (κ1) is 22.6. The normalized spacial score (nSPS) is 12.4. The molecule has 0 aliphatic carbocycles. The minimum atomic E-state index is -4.75. The van der Waals surface area contributed by atoms with Crippen molar-refractivity contribution in [3.63, 3.8) is 0 Å². The zero-order chi connectivity index (χ0) is 23.3. The standard InChI is InChI=1S/C21H13Cl2F3N3O2S/c1-12-7-19(21(24,25)26)28-20-15(12)8-13(9-16-17(22)10-27-11-18(16)23)29(20)32(30,31)14-5-3-2-4-6-14/h2-8,10H,9H2,1H3. The second-order valence-electron chi connectivity index (χ2n) is 6.96. The van der Waals surface area contributed by atoms with Crippen LogP contribution in [0.25, 0.3) is 11.0 Å². The van der Waals surface area contributed by atoms with Crippen LogP contribution in [0.5, 0.6) is 0 Å². The Morgan fingerprint density at radius 2 is 1.81 bits per heavy atom. The van der Waals surface area contributed by atoms with Crippen LogP contribution in [0.4, 0.5) is 13.2 Å². The fraction of sp³-hybridized carbons (Fsp3) is 0.143. The van der Waals surface area contributed by atoms with Crippen LogP contribution in [-0.2, 0) is 22.6 Å². The Morgan fingerprint density at radius 3 is 2.44 bits per heavy atom. The third-order valence-corrected chi connectivity index (χ3v) is 7.23. The molecule has 4 aromatic rings. The van der Waals surface area contributed by atoms with Crippen molar-refractivity contribution in [3.05, 3.63) is 87.4 Å². The number of fused-ring (bicyclic) bond motifs is 1. The van der Waals surface area contributed by atoms with Crippen molar-refractivity contribution in [2.45, 2.75) is 24.4 Å². The Kier molecular flexibility index (Phi) is 5.68. The number of aromatic nitrogens is 3. The molecule has 0 saturated heterocycles. The predicted octanol–water partition coefficient (Wildman–Crippen LogP) is 5.69. The van der Waals surface area contributed by atoms with Crippen molar-refractivity contribution in [2.75, 3.05) is 0 Å². The van der Waals surface area contributed by atoms with Gasteiger partial charge in [-0.3, -0.25) is 4.98 Å². The molecule has 0 atom stereocenters. The summed E-state index contributed by atoms with van der Waals surface area (Å²) in [5, 5.41) is 0.508. The fourth-order valence-corrected chi connectivity index (χ4v) is 5.31. The van der Waals surface area contributed by atoms with Crippen LogP contribution >= 0.6 is 23.2 Å². The van der Waals surface area contributed by atoms with Gasteiger partial charge in [0, 0.05) is 23.7 Å². The summed E-state index contributed by atoms with van der Waals surface area (Å²) < 4.78 is 68.2. The Morgan fingerprint density at radius 1 is 1.12 bits per heavy atom. The number of hydrogen-bond donors (Lipinski definition) is 0. The number of aryl methyl sites for hydroxylation is 1. The van der Waals surface area contributed by atoms with Gasteiger partial charge >= 0.3 is 6.18 Å². The molecule has 0 amide bonds. The van der Waals surface area contributed by atoms with E-state index in [1.165, 1.54) is 43.5 Å². The number of benzene rings is 1. The topological polar surface area (TPSA) is 64.8 Å². The maximum absolute atomic E-state index is 13.5. The molecule has 0 aliphatic heterocycles. The van der Waals surface area contributed by atoms with E-state index in [0.29, 0.717) is 5.56 Å². The van der Waals surface area contributed by atoms with E-state index in [0.717, 1.165) is 10.0 Å². The second kappa shape index (κ2) is 8.06. The maximum atomic E-state index is 13.5. The molecule has 0 bridgehead atoms. The van der Waals surface area contributed by atoms with E-state index in [2.05, 4.69) is 16.2 Å². The number of rotatable bonds is 4. The molecule has 3 aromatic heterocycles. The molecule has 0 spiro atoms. The van der Waals surface area contributed by atoms with Gasteiger partial charge in [-0.1, -0.05) is 41.4 Å². The summed E-state index contributed by atoms with van der Waals surface area (Å²) in [6.07, 6.45) is -1.02. The van der Waals surface area contributed by atoms with Gasteiger partial charge in [0.25, 0.3) is 10.0 Å². The molecule has 165 valence electrons. The molecule has 1 radical (unpaired) electrons. The van der Waals surface area contributed by atoms with Crippen molar-refractivity contribution in [1.82, 2.24) is 13.9 Å². The molecule has 3 heterocycles. The van der Waals surface area contributed by atoms with Crippen LogP contribution < -0.4 is 0 Å². The molecule has 4 rings (SSSR count). The summed E-state index contributed by atoms with van der Waals surface area (Å²) >= 11 is 12.3. The van der Waals surface area contributed by atoms with Gasteiger partial charge in [0.1, 0.15) is 11.9 Å². The molecular formula is C21H13Cl2F3N3O2S. The van der Waals surface area contributed by atoms with Crippen molar-refractivity contribution in [3.8, 4) is 0 Å². The predicted molar refractivity (Wildman–Crippen MR) is 114 cm³/mol. The summed E-state index contributed by atoms with van der Waals surface area (Å²) in [7, 11) is -4.30. The summed E-state index contributed by atoms with van der Waals surface area (Å²) in [6, 6.07) is 9.73. The molecule has 32 heavy (non-hydrogen) atoms. The van der Waals surface area contributed by atoms with E-state index in [9.17, 15) is 21.6 Å². The third kappa shape index (κ3) is 3.96. The lowest BCUT2D eigenvalue weighted by atomic mass is 10.1. The Labute approximate surface area is 191 Å². The van der Waals surface area contributed by atoms with E-state index >= 15 is 0 Å². The number of alkyl halides is 3. The van der Waals surface area contributed by atoms with Gasteiger partial charge in [-0.05, 0) is 42.3 Å². The first-order chi connectivity index (χ1) is 15.0. The van der Waals surface area contributed by atoms with Crippen molar-refractivity contribution < 1.29 is 21.6 Å². The van der Waals surface area contributed by atoms with E-state index < -0.39 is 21.9 Å². The number of pyridine rings is 2. The van der Waals surface area contributed by atoms with Gasteiger partial charge in [0.05, 0.1) is 14.9 Å². The van der Waals surface area contributed by atoms with Gasteiger partial charge in [-0.15, -0.1) is 0 Å². The molecule has 5 nitrogen and oxygen atoms in total. The second-order valence-corrected chi connectivity index (χ2v) is 9.54. The van der Waals surface area contributed by atoms with Gasteiger partial charge in [0.2, 0.25) is 0 Å². The van der Waals surface area contributed by atoms with E-state index in [1.54, 1.807) is 6.07 Å². The average molecular weight is 499 g/mol. The third-order valence-electron chi connectivity index (χ3n) is 4.83. The highest BCUT2D eigenvalue weighted by Gasteiger charge is 2.35. The van der Waals surface area contributed by atoms with Crippen LogP contribution in [0.3, 0.4) is 0 Å². The maximum Gasteiger partial charge on any atom is 0.433 e. The Bertz CT molecular complexity index is 1420. The van der Waals surface area contributed by atoms with E-state index in [1.807, 2.05) is 0 Å². The quantitative estimate of drug-likeness (QED) is 0.362. The van der Waals surface area contributed by atoms with Gasteiger partial charge in [0.15, 0.2) is 5.65 Å². The summed E-state index contributed by atoms with van der Waals surface area (Å²) in [5.74, 6) is 0. The van der Waals surface area contributed by atoms with Crippen molar-refractivity contribution in [1.29, 1.82) is 0 Å². The van der Waals surface area contributed by atoms with Crippen LogP contribution in [0.15, 0.2) is 53.6 Å². The first-order valence-corrected chi connectivity index (χ1v) is 11.3. The van der Waals surface area contributed by atoms with Crippen molar-refractivity contribution >= 4 is 44.3 Å². The smallest absolute Gasteiger partial charge is 0.251 e. The largest absolute Gasteiger partial charge is 0.433 e. The SMILES string of the molecule is Cc1cc(C(F)(F)F)nc2c1cc(Cc1c(Cl)[c]ncc1Cl)n2S(=O)(=O)c1ccccc1. The molecular weight excluding hydrogens is 486 g/mol. The van der Waals surface area contributed by atoms with Crippen LogP contribution in [0.2, 0.25) is 10.0 Å². The number of hydrogen-bond acceptors (Lipinski definition) is 4.